The van der Waals surface area contributed by atoms with Crippen molar-refractivity contribution < 1.29 is 14.1 Å². The van der Waals surface area contributed by atoms with Crippen molar-refractivity contribution in [3.63, 3.8) is 0 Å². The Bertz CT molecular complexity index is 1480. The standard InChI is InChI=1S/C27H33ClN8O3S/c1-14-12-35(13-15(2)36(14)25(37)38-26(3,4)5)19-10-17(31-24(28)32-19)22-33-23(39-34-22)27(6)9-7-8-18-20(27)16(11-29)21(30)40-18/h10,14-15H,7-9,12-13,30H2,1-6H3/t14-,15+,27-/m0/s1. The second kappa shape index (κ2) is 10.2. The minimum Gasteiger partial charge on any atom is -0.444 e. The zero-order valence-electron chi connectivity index (χ0n) is 23.5. The summed E-state index contributed by atoms with van der Waals surface area (Å²) < 4.78 is 11.4. The molecule has 4 heterocycles. The lowest BCUT2D eigenvalue weighted by Crippen LogP contribution is -2.59. The van der Waals surface area contributed by atoms with Gasteiger partial charge in [-0.15, -0.1) is 11.3 Å². The van der Waals surface area contributed by atoms with Crippen molar-refractivity contribution in [3.05, 3.63) is 33.2 Å². The fourth-order valence-electron chi connectivity index (χ4n) is 5.73. The van der Waals surface area contributed by atoms with Crippen molar-refractivity contribution in [2.45, 2.75) is 83.9 Å². The van der Waals surface area contributed by atoms with Crippen LogP contribution in [0.5, 0.6) is 0 Å². The summed E-state index contributed by atoms with van der Waals surface area (Å²) in [7, 11) is 0. The fourth-order valence-corrected chi connectivity index (χ4v) is 7.10. The maximum absolute atomic E-state index is 12.8. The van der Waals surface area contributed by atoms with Crippen molar-refractivity contribution in [1.82, 2.24) is 25.0 Å². The van der Waals surface area contributed by atoms with Crippen LogP contribution in [0, 0.1) is 11.3 Å². The number of hydrogen-bond donors (Lipinski definition) is 1. The van der Waals surface area contributed by atoms with E-state index in [1.807, 2.05) is 41.5 Å². The molecule has 0 aromatic carbocycles. The number of amides is 1. The first-order valence-corrected chi connectivity index (χ1v) is 14.5. The molecular formula is C27H33ClN8O3S. The lowest BCUT2D eigenvalue weighted by Gasteiger charge is -2.44. The van der Waals surface area contributed by atoms with E-state index in [-0.39, 0.29) is 29.3 Å². The number of anilines is 2. The van der Waals surface area contributed by atoms with Crippen molar-refractivity contribution in [2.24, 2.45) is 0 Å². The summed E-state index contributed by atoms with van der Waals surface area (Å²) in [6, 6.07) is 3.80. The molecule has 0 saturated carbocycles. The molecule has 1 aliphatic heterocycles. The van der Waals surface area contributed by atoms with Gasteiger partial charge in [0.15, 0.2) is 0 Å². The van der Waals surface area contributed by atoms with Crippen molar-refractivity contribution in [3.8, 4) is 17.6 Å². The second-order valence-electron chi connectivity index (χ2n) is 11.7. The van der Waals surface area contributed by atoms with Gasteiger partial charge in [-0.05, 0) is 72.4 Å². The van der Waals surface area contributed by atoms with Gasteiger partial charge in [-0.1, -0.05) is 5.16 Å². The molecule has 2 aliphatic rings. The number of nitrogens with zero attached hydrogens (tertiary/aromatic N) is 7. The molecule has 1 aliphatic carbocycles. The molecule has 1 saturated heterocycles. The van der Waals surface area contributed by atoms with Crippen LogP contribution in [-0.2, 0) is 16.6 Å². The number of nitrogens with two attached hydrogens (primary N) is 1. The monoisotopic (exact) mass is 584 g/mol. The average molecular weight is 585 g/mol. The summed E-state index contributed by atoms with van der Waals surface area (Å²) in [4.78, 5) is 31.3. The van der Waals surface area contributed by atoms with E-state index < -0.39 is 11.0 Å². The number of ether oxygens (including phenoxy) is 1. The number of halogens is 1. The van der Waals surface area contributed by atoms with Gasteiger partial charge in [-0.25, -0.2) is 14.8 Å². The summed E-state index contributed by atoms with van der Waals surface area (Å²) in [5.74, 6) is 1.29. The van der Waals surface area contributed by atoms with Crippen LogP contribution in [-0.4, -0.2) is 61.9 Å². The van der Waals surface area contributed by atoms with Gasteiger partial charge in [0.25, 0.3) is 0 Å². The number of nitrogen functional groups attached to an aromatic ring is 1. The zero-order chi connectivity index (χ0) is 29.0. The topological polar surface area (TPSA) is 147 Å². The van der Waals surface area contributed by atoms with E-state index in [1.165, 1.54) is 11.3 Å². The number of nitriles is 1. The first-order valence-electron chi connectivity index (χ1n) is 13.3. The zero-order valence-corrected chi connectivity index (χ0v) is 25.1. The lowest BCUT2D eigenvalue weighted by atomic mass is 9.72. The van der Waals surface area contributed by atoms with E-state index in [4.69, 9.17) is 31.6 Å². The minimum absolute atomic E-state index is 0.0530. The van der Waals surface area contributed by atoms with Crippen LogP contribution in [0.2, 0.25) is 5.28 Å². The normalized spacial score (nSPS) is 23.1. The average Bonchev–Trinajstić information content (AvgIpc) is 3.47. The predicted octanol–water partition coefficient (Wildman–Crippen LogP) is 5.17. The third-order valence-electron chi connectivity index (χ3n) is 7.41. The Morgan fingerprint density at radius 2 is 1.98 bits per heavy atom. The van der Waals surface area contributed by atoms with Gasteiger partial charge in [-0.3, -0.25) is 4.90 Å². The Morgan fingerprint density at radius 3 is 2.62 bits per heavy atom. The number of thiophene rings is 1. The molecule has 5 rings (SSSR count). The van der Waals surface area contributed by atoms with E-state index in [0.717, 1.165) is 29.7 Å². The molecule has 3 aromatic rings. The number of aryl methyl sites for hydroxylation is 1. The van der Waals surface area contributed by atoms with E-state index >= 15 is 0 Å². The Morgan fingerprint density at radius 1 is 1.27 bits per heavy atom. The first-order chi connectivity index (χ1) is 18.8. The Balaban J connectivity index is 1.42. The van der Waals surface area contributed by atoms with Crippen LogP contribution < -0.4 is 10.6 Å². The molecule has 2 N–H and O–H groups in total. The third-order valence-corrected chi connectivity index (χ3v) is 8.66. The van der Waals surface area contributed by atoms with Gasteiger partial charge >= 0.3 is 6.09 Å². The van der Waals surface area contributed by atoms with Gasteiger partial charge < -0.3 is 19.9 Å². The molecule has 1 fully saturated rings. The fraction of sp³-hybridized carbons (Fsp3) is 0.556. The molecule has 0 spiro atoms. The number of rotatable bonds is 3. The SMILES string of the molecule is C[C@@H]1CN(c2cc(-c3noc([C@@]4(C)CCCc5sc(N)c(C#N)c54)n3)nc(Cl)n2)C[C@H](C)N1C(=O)OC(C)(C)C. The first kappa shape index (κ1) is 28.1. The molecule has 212 valence electrons. The van der Waals surface area contributed by atoms with Crippen LogP contribution >= 0.6 is 22.9 Å². The van der Waals surface area contributed by atoms with Gasteiger partial charge in [0.05, 0.1) is 23.1 Å². The molecule has 0 bridgehead atoms. The van der Waals surface area contributed by atoms with Crippen molar-refractivity contribution in [1.29, 1.82) is 5.26 Å². The van der Waals surface area contributed by atoms with Gasteiger partial charge in [-0.2, -0.15) is 10.2 Å². The molecule has 13 heteroatoms. The summed E-state index contributed by atoms with van der Waals surface area (Å²) >= 11 is 7.82. The van der Waals surface area contributed by atoms with Gasteiger partial charge in [0.1, 0.15) is 28.2 Å². The predicted molar refractivity (Wildman–Crippen MR) is 152 cm³/mol. The highest BCUT2D eigenvalue weighted by Crippen LogP contribution is 2.48. The van der Waals surface area contributed by atoms with E-state index in [9.17, 15) is 10.1 Å². The van der Waals surface area contributed by atoms with Crippen LogP contribution in [0.3, 0.4) is 0 Å². The Kier molecular flexibility index (Phi) is 7.17. The quantitative estimate of drug-likeness (QED) is 0.409. The maximum atomic E-state index is 12.8. The molecule has 1 amide bonds. The number of fused-ring (bicyclic) bond motifs is 1. The molecule has 0 radical (unpaired) electrons. The van der Waals surface area contributed by atoms with Gasteiger partial charge in [0.2, 0.25) is 17.0 Å². The molecule has 3 atom stereocenters. The molecule has 40 heavy (non-hydrogen) atoms. The highest BCUT2D eigenvalue weighted by Gasteiger charge is 2.43. The molecule has 0 unspecified atom stereocenters. The smallest absolute Gasteiger partial charge is 0.410 e. The maximum Gasteiger partial charge on any atom is 0.410 e. The Hall–Kier alpha value is -3.43. The number of carbonyl (C=O) groups is 1. The van der Waals surface area contributed by atoms with Crippen LogP contribution in [0.4, 0.5) is 15.6 Å². The van der Waals surface area contributed by atoms with Crippen LogP contribution in [0.1, 0.15) is 76.3 Å². The largest absolute Gasteiger partial charge is 0.444 e. The minimum atomic E-state index is -0.638. The molecule has 11 nitrogen and oxygen atoms in total. The highest BCUT2D eigenvalue weighted by atomic mass is 35.5. The second-order valence-corrected chi connectivity index (χ2v) is 13.2. The van der Waals surface area contributed by atoms with E-state index in [2.05, 4.69) is 26.1 Å². The van der Waals surface area contributed by atoms with Crippen LogP contribution in [0.25, 0.3) is 11.5 Å². The molecule has 3 aromatic heterocycles. The van der Waals surface area contributed by atoms with Crippen LogP contribution in [0.15, 0.2) is 10.6 Å². The summed E-state index contributed by atoms with van der Waals surface area (Å²) in [5.41, 5.74) is 6.74. The number of hydrogen-bond acceptors (Lipinski definition) is 11. The van der Waals surface area contributed by atoms with E-state index in [0.29, 0.717) is 41.1 Å². The molecular weight excluding hydrogens is 552 g/mol. The third kappa shape index (κ3) is 5.08. The number of carbonyl (C=O) groups excluding carboxylic acids is 1. The highest BCUT2D eigenvalue weighted by molar-refractivity contribution is 7.16. The number of aromatic nitrogens is 4. The number of piperazine rings is 1. The van der Waals surface area contributed by atoms with Crippen molar-refractivity contribution >= 4 is 39.8 Å². The Labute approximate surface area is 242 Å². The summed E-state index contributed by atoms with van der Waals surface area (Å²) in [5, 5.41) is 14.6. The van der Waals surface area contributed by atoms with E-state index in [1.54, 1.807) is 11.0 Å². The summed E-state index contributed by atoms with van der Waals surface area (Å²) in [6.45, 7) is 12.6. The van der Waals surface area contributed by atoms with Crippen molar-refractivity contribution in [2.75, 3.05) is 23.7 Å². The van der Waals surface area contributed by atoms with Gasteiger partial charge in [0, 0.05) is 29.6 Å². The lowest BCUT2D eigenvalue weighted by molar-refractivity contribution is 0.00560. The summed E-state index contributed by atoms with van der Waals surface area (Å²) in [6.07, 6.45) is 2.20.